The van der Waals surface area contributed by atoms with Crippen molar-refractivity contribution in [1.82, 2.24) is 4.98 Å². The van der Waals surface area contributed by atoms with Crippen molar-refractivity contribution >= 4 is 34.4 Å². The van der Waals surface area contributed by atoms with Crippen LogP contribution in [0.4, 0.5) is 5.69 Å². The lowest BCUT2D eigenvalue weighted by Crippen LogP contribution is -2.11. The Labute approximate surface area is 155 Å². The lowest BCUT2D eigenvalue weighted by Gasteiger charge is -2.09. The summed E-state index contributed by atoms with van der Waals surface area (Å²) in [6.45, 7) is 1.53. The van der Waals surface area contributed by atoms with Gasteiger partial charge in [-0.15, -0.1) is 0 Å². The first-order chi connectivity index (χ1) is 13.1. The van der Waals surface area contributed by atoms with E-state index in [9.17, 15) is 9.59 Å². The zero-order valence-electron chi connectivity index (χ0n) is 14.6. The van der Waals surface area contributed by atoms with Crippen molar-refractivity contribution in [1.29, 1.82) is 0 Å². The number of nitrogens with one attached hydrogen (secondary N) is 1. The summed E-state index contributed by atoms with van der Waals surface area (Å²) in [5.41, 5.74) is 2.41. The van der Waals surface area contributed by atoms with E-state index in [1.807, 2.05) is 30.3 Å². The molecule has 1 amide bonds. The Balaban J connectivity index is 1.59. The van der Waals surface area contributed by atoms with Crippen molar-refractivity contribution in [2.45, 2.75) is 6.92 Å². The third-order valence-electron chi connectivity index (χ3n) is 4.23. The maximum atomic E-state index is 12.4. The van der Waals surface area contributed by atoms with Gasteiger partial charge in [-0.05, 0) is 25.1 Å². The van der Waals surface area contributed by atoms with Crippen LogP contribution in [0.15, 0.2) is 54.7 Å². The fraction of sp³-hybridized carbons (Fsp3) is 0.0952. The second kappa shape index (κ2) is 6.92. The minimum Gasteiger partial charge on any atom is -0.454 e. The summed E-state index contributed by atoms with van der Waals surface area (Å²) in [5.74, 6) is 0.461. The van der Waals surface area contributed by atoms with Gasteiger partial charge in [-0.3, -0.25) is 14.6 Å². The predicted molar refractivity (Wildman–Crippen MR) is 102 cm³/mol. The summed E-state index contributed by atoms with van der Waals surface area (Å²) in [6, 6.07) is 12.8. The predicted octanol–water partition coefficient (Wildman–Crippen LogP) is 3.82. The minimum absolute atomic E-state index is 0.0953. The SMILES string of the molecule is CC(=O)c1cc2c(cc1NC(=O)/C=C/c1cccc3cccnc13)OCO2. The van der Waals surface area contributed by atoms with Crippen LogP contribution in [0.2, 0.25) is 0 Å². The highest BCUT2D eigenvalue weighted by Crippen LogP contribution is 2.37. The summed E-state index contributed by atoms with van der Waals surface area (Å²) < 4.78 is 10.6. The second-order valence-corrected chi connectivity index (χ2v) is 6.05. The molecule has 1 N–H and O–H groups in total. The highest BCUT2D eigenvalue weighted by molar-refractivity contribution is 6.08. The standard InChI is InChI=1S/C21H16N2O4/c1-13(24)16-10-18-19(27-12-26-18)11-17(16)23-20(25)8-7-15-5-2-4-14-6-3-9-22-21(14)15/h2-11H,12H2,1H3,(H,23,25)/b8-7+. The van der Waals surface area contributed by atoms with Crippen LogP contribution in [0.3, 0.4) is 0 Å². The summed E-state index contributed by atoms with van der Waals surface area (Å²) in [5, 5.41) is 3.73. The van der Waals surface area contributed by atoms with Gasteiger partial charge in [0.2, 0.25) is 12.7 Å². The number of ketones is 1. The van der Waals surface area contributed by atoms with Gasteiger partial charge < -0.3 is 14.8 Å². The van der Waals surface area contributed by atoms with E-state index in [4.69, 9.17) is 9.47 Å². The summed E-state index contributed by atoms with van der Waals surface area (Å²) in [7, 11) is 0. The first kappa shape index (κ1) is 16.8. The molecule has 4 rings (SSSR count). The van der Waals surface area contributed by atoms with Crippen LogP contribution in [0.25, 0.3) is 17.0 Å². The molecule has 27 heavy (non-hydrogen) atoms. The van der Waals surface area contributed by atoms with Gasteiger partial charge in [-0.2, -0.15) is 0 Å². The number of Topliss-reactive ketones (excluding diaryl/α,β-unsaturated/α-hetero) is 1. The fourth-order valence-electron chi connectivity index (χ4n) is 2.94. The van der Waals surface area contributed by atoms with Crippen molar-refractivity contribution in [2.75, 3.05) is 12.1 Å². The van der Waals surface area contributed by atoms with Crippen LogP contribution in [0.5, 0.6) is 11.5 Å². The molecule has 0 spiro atoms. The smallest absolute Gasteiger partial charge is 0.248 e. The van der Waals surface area contributed by atoms with E-state index in [0.29, 0.717) is 22.7 Å². The molecule has 0 bridgehead atoms. The number of hydrogen-bond acceptors (Lipinski definition) is 5. The molecule has 1 aliphatic heterocycles. The Hall–Kier alpha value is -3.67. The number of amides is 1. The molecule has 1 aromatic heterocycles. The fourth-order valence-corrected chi connectivity index (χ4v) is 2.94. The van der Waals surface area contributed by atoms with Gasteiger partial charge in [0.1, 0.15) is 0 Å². The van der Waals surface area contributed by atoms with Gasteiger partial charge in [-0.1, -0.05) is 24.3 Å². The average molecular weight is 360 g/mol. The Morgan fingerprint density at radius 3 is 2.70 bits per heavy atom. The Morgan fingerprint density at radius 1 is 1.11 bits per heavy atom. The zero-order chi connectivity index (χ0) is 18.8. The number of carbonyl (C=O) groups is 2. The summed E-state index contributed by atoms with van der Waals surface area (Å²) >= 11 is 0. The molecule has 2 heterocycles. The van der Waals surface area contributed by atoms with Crippen molar-refractivity contribution in [3.8, 4) is 11.5 Å². The molecule has 6 heteroatoms. The topological polar surface area (TPSA) is 77.5 Å². The minimum atomic E-state index is -0.357. The number of para-hydroxylation sites is 1. The van der Waals surface area contributed by atoms with Crippen LogP contribution < -0.4 is 14.8 Å². The maximum Gasteiger partial charge on any atom is 0.248 e. The number of benzene rings is 2. The highest BCUT2D eigenvalue weighted by atomic mass is 16.7. The molecule has 0 fully saturated rings. The zero-order valence-corrected chi connectivity index (χ0v) is 14.6. The molecule has 0 atom stereocenters. The van der Waals surface area contributed by atoms with E-state index in [0.717, 1.165) is 16.5 Å². The first-order valence-electron chi connectivity index (χ1n) is 8.39. The molecule has 0 saturated carbocycles. The second-order valence-electron chi connectivity index (χ2n) is 6.05. The van der Waals surface area contributed by atoms with Gasteiger partial charge in [0.05, 0.1) is 11.2 Å². The van der Waals surface area contributed by atoms with Crippen LogP contribution in [-0.2, 0) is 4.79 Å². The van der Waals surface area contributed by atoms with E-state index >= 15 is 0 Å². The van der Waals surface area contributed by atoms with Crippen LogP contribution in [0, 0.1) is 0 Å². The molecule has 2 aromatic carbocycles. The number of pyridine rings is 1. The third-order valence-corrected chi connectivity index (χ3v) is 4.23. The number of carbonyl (C=O) groups excluding carboxylic acids is 2. The Kier molecular flexibility index (Phi) is 4.30. The molecular weight excluding hydrogens is 344 g/mol. The largest absolute Gasteiger partial charge is 0.454 e. The molecule has 1 aliphatic rings. The van der Waals surface area contributed by atoms with E-state index in [1.54, 1.807) is 24.4 Å². The van der Waals surface area contributed by atoms with Crippen molar-refractivity contribution in [3.05, 3.63) is 65.9 Å². The molecule has 3 aromatic rings. The lowest BCUT2D eigenvalue weighted by atomic mass is 10.1. The molecular formula is C21H16N2O4. The quantitative estimate of drug-likeness (QED) is 0.565. The maximum absolute atomic E-state index is 12.4. The Morgan fingerprint density at radius 2 is 1.89 bits per heavy atom. The van der Waals surface area contributed by atoms with E-state index < -0.39 is 0 Å². The number of fused-ring (bicyclic) bond motifs is 2. The molecule has 0 unspecified atom stereocenters. The number of anilines is 1. The number of nitrogens with zero attached hydrogens (tertiary/aromatic N) is 1. The summed E-state index contributed by atoms with van der Waals surface area (Å²) in [4.78, 5) is 28.7. The molecule has 0 saturated heterocycles. The van der Waals surface area contributed by atoms with Crippen molar-refractivity contribution in [3.63, 3.8) is 0 Å². The van der Waals surface area contributed by atoms with Gasteiger partial charge in [0.15, 0.2) is 17.3 Å². The van der Waals surface area contributed by atoms with E-state index in [-0.39, 0.29) is 18.5 Å². The van der Waals surface area contributed by atoms with Crippen LogP contribution in [0.1, 0.15) is 22.8 Å². The number of rotatable bonds is 4. The van der Waals surface area contributed by atoms with Gasteiger partial charge in [-0.25, -0.2) is 0 Å². The molecule has 134 valence electrons. The Bertz CT molecular complexity index is 1080. The normalized spacial score (nSPS) is 12.5. The van der Waals surface area contributed by atoms with Crippen molar-refractivity contribution in [2.24, 2.45) is 0 Å². The average Bonchev–Trinajstić information content (AvgIpc) is 3.13. The van der Waals surface area contributed by atoms with Crippen molar-refractivity contribution < 1.29 is 19.1 Å². The third kappa shape index (κ3) is 3.37. The lowest BCUT2D eigenvalue weighted by molar-refractivity contribution is -0.111. The number of aromatic nitrogens is 1. The molecule has 0 radical (unpaired) electrons. The number of ether oxygens (including phenoxy) is 2. The summed E-state index contributed by atoms with van der Waals surface area (Å²) in [6.07, 6.45) is 4.83. The monoisotopic (exact) mass is 360 g/mol. The number of hydrogen-bond donors (Lipinski definition) is 1. The molecule has 6 nitrogen and oxygen atoms in total. The van der Waals surface area contributed by atoms with Crippen LogP contribution in [-0.4, -0.2) is 23.5 Å². The highest BCUT2D eigenvalue weighted by Gasteiger charge is 2.20. The van der Waals surface area contributed by atoms with Gasteiger partial charge >= 0.3 is 0 Å². The van der Waals surface area contributed by atoms with E-state index in [2.05, 4.69) is 10.3 Å². The first-order valence-corrected chi connectivity index (χ1v) is 8.39. The molecule has 0 aliphatic carbocycles. The van der Waals surface area contributed by atoms with E-state index in [1.165, 1.54) is 13.0 Å². The van der Waals surface area contributed by atoms with Gasteiger partial charge in [0, 0.05) is 34.9 Å². The van der Waals surface area contributed by atoms with Gasteiger partial charge in [0.25, 0.3) is 0 Å². The van der Waals surface area contributed by atoms with Crippen LogP contribution >= 0.6 is 0 Å².